The van der Waals surface area contributed by atoms with Crippen molar-refractivity contribution in [1.82, 2.24) is 9.78 Å². The summed E-state index contributed by atoms with van der Waals surface area (Å²) in [7, 11) is 0. The molecule has 16 heavy (non-hydrogen) atoms. The zero-order chi connectivity index (χ0) is 11.5. The lowest BCUT2D eigenvalue weighted by Gasteiger charge is -2.05. The van der Waals surface area contributed by atoms with Gasteiger partial charge in [0.1, 0.15) is 0 Å². The van der Waals surface area contributed by atoms with Gasteiger partial charge >= 0.3 is 0 Å². The van der Waals surface area contributed by atoms with Crippen molar-refractivity contribution in [3.05, 3.63) is 62.7 Å². The van der Waals surface area contributed by atoms with E-state index < -0.39 is 0 Å². The van der Waals surface area contributed by atoms with Gasteiger partial charge in [0.25, 0.3) is 11.1 Å². The molecule has 0 unspecified atom stereocenters. The molecule has 1 N–H and O–H groups in total. The summed E-state index contributed by atoms with van der Waals surface area (Å²) in [6.45, 7) is 2.06. The van der Waals surface area contributed by atoms with Crippen molar-refractivity contribution in [2.24, 2.45) is 0 Å². The third-order valence-corrected chi connectivity index (χ3v) is 2.42. The van der Waals surface area contributed by atoms with E-state index in [4.69, 9.17) is 0 Å². The Hall–Kier alpha value is -2.10. The first-order valence-corrected chi connectivity index (χ1v) is 5.12. The van der Waals surface area contributed by atoms with Gasteiger partial charge in [0.05, 0.1) is 5.69 Å². The lowest BCUT2D eigenvalue weighted by molar-refractivity contribution is 0.785. The van der Waals surface area contributed by atoms with E-state index in [1.54, 1.807) is 0 Å². The number of H-pyrrole nitrogens is 1. The van der Waals surface area contributed by atoms with E-state index in [1.807, 2.05) is 24.3 Å². The molecule has 2 rings (SSSR count). The monoisotopic (exact) mass is 216 g/mol. The van der Waals surface area contributed by atoms with Crippen LogP contribution in [0.4, 0.5) is 0 Å². The lowest BCUT2D eigenvalue weighted by Crippen LogP contribution is -2.26. The Labute approximate surface area is 92.2 Å². The Kier molecular flexibility index (Phi) is 2.72. The van der Waals surface area contributed by atoms with E-state index in [-0.39, 0.29) is 11.1 Å². The fourth-order valence-corrected chi connectivity index (χ4v) is 1.50. The summed E-state index contributed by atoms with van der Waals surface area (Å²) in [5.41, 5.74) is 1.32. The van der Waals surface area contributed by atoms with Gasteiger partial charge in [0.2, 0.25) is 0 Å². The molecule has 0 fully saturated rings. The van der Waals surface area contributed by atoms with Crippen molar-refractivity contribution in [2.75, 3.05) is 0 Å². The van der Waals surface area contributed by atoms with Crippen molar-refractivity contribution in [2.45, 2.75) is 13.3 Å². The van der Waals surface area contributed by atoms with Gasteiger partial charge in [-0.15, -0.1) is 0 Å². The normalized spacial score (nSPS) is 10.3. The predicted octanol–water partition coefficient (Wildman–Crippen LogP) is 1.09. The third kappa shape index (κ3) is 1.95. The summed E-state index contributed by atoms with van der Waals surface area (Å²) in [5, 5.41) is 2.48. The largest absolute Gasteiger partial charge is 0.269 e. The van der Waals surface area contributed by atoms with E-state index in [2.05, 4.69) is 12.0 Å². The molecule has 0 saturated heterocycles. The van der Waals surface area contributed by atoms with Crippen LogP contribution in [-0.4, -0.2) is 9.78 Å². The Morgan fingerprint density at radius 3 is 2.38 bits per heavy atom. The molecule has 2 aromatic rings. The minimum Gasteiger partial charge on any atom is -0.268 e. The van der Waals surface area contributed by atoms with Gasteiger partial charge in [-0.25, -0.2) is 4.68 Å². The molecular weight excluding hydrogens is 204 g/mol. The van der Waals surface area contributed by atoms with Crippen LogP contribution in [0.15, 0.2) is 46.0 Å². The number of hydrogen-bond acceptors (Lipinski definition) is 2. The van der Waals surface area contributed by atoms with Crippen molar-refractivity contribution in [3.63, 3.8) is 0 Å². The fourth-order valence-electron chi connectivity index (χ4n) is 1.50. The minimum atomic E-state index is -0.292. The zero-order valence-electron chi connectivity index (χ0n) is 8.93. The van der Waals surface area contributed by atoms with Crippen LogP contribution >= 0.6 is 0 Å². The molecule has 1 aromatic carbocycles. The highest BCUT2D eigenvalue weighted by atomic mass is 16.1. The molecule has 82 valence electrons. The average Bonchev–Trinajstić information content (AvgIpc) is 2.32. The first-order chi connectivity index (χ1) is 7.70. The SMILES string of the molecule is CCc1ccc(-n2[nH]c(=O)ccc2=O)cc1. The molecule has 1 aromatic heterocycles. The van der Waals surface area contributed by atoms with Gasteiger partial charge in [-0.1, -0.05) is 19.1 Å². The van der Waals surface area contributed by atoms with Crippen molar-refractivity contribution in [3.8, 4) is 5.69 Å². The molecular formula is C12H12N2O2. The summed E-state index contributed by atoms with van der Waals surface area (Å²) >= 11 is 0. The van der Waals surface area contributed by atoms with Crippen LogP contribution in [0.2, 0.25) is 0 Å². The molecule has 0 atom stereocenters. The molecule has 0 radical (unpaired) electrons. The predicted molar refractivity (Wildman–Crippen MR) is 62.0 cm³/mol. The van der Waals surface area contributed by atoms with E-state index in [0.717, 1.165) is 6.42 Å². The molecule has 0 aliphatic heterocycles. The van der Waals surface area contributed by atoms with Crippen molar-refractivity contribution < 1.29 is 0 Å². The van der Waals surface area contributed by atoms with Crippen molar-refractivity contribution >= 4 is 0 Å². The van der Waals surface area contributed by atoms with Gasteiger partial charge < -0.3 is 0 Å². The summed E-state index contributed by atoms with van der Waals surface area (Å²) in [6, 6.07) is 9.98. The first-order valence-electron chi connectivity index (χ1n) is 5.12. The number of benzene rings is 1. The van der Waals surface area contributed by atoms with Crippen LogP contribution < -0.4 is 11.1 Å². The maximum Gasteiger partial charge on any atom is 0.269 e. The van der Waals surface area contributed by atoms with E-state index in [1.165, 1.54) is 22.4 Å². The van der Waals surface area contributed by atoms with Gasteiger partial charge in [-0.3, -0.25) is 14.7 Å². The summed E-state index contributed by atoms with van der Waals surface area (Å²) in [5.74, 6) is 0. The van der Waals surface area contributed by atoms with Crippen LogP contribution in [0.1, 0.15) is 12.5 Å². The molecule has 0 bridgehead atoms. The average molecular weight is 216 g/mol. The van der Waals surface area contributed by atoms with Gasteiger partial charge in [0.15, 0.2) is 0 Å². The highest BCUT2D eigenvalue weighted by molar-refractivity contribution is 5.33. The molecule has 1 heterocycles. The standard InChI is InChI=1S/C12H12N2O2/c1-2-9-3-5-10(6-4-9)14-12(16)8-7-11(15)13-14/h3-8H,2H2,1H3,(H,13,15). The second-order valence-corrected chi connectivity index (χ2v) is 3.50. The number of hydrogen-bond donors (Lipinski definition) is 1. The zero-order valence-corrected chi connectivity index (χ0v) is 8.93. The number of aromatic nitrogens is 2. The fraction of sp³-hybridized carbons (Fsp3) is 0.167. The maximum absolute atomic E-state index is 11.5. The van der Waals surface area contributed by atoms with E-state index in [0.29, 0.717) is 5.69 Å². The van der Waals surface area contributed by atoms with Gasteiger partial charge in [0, 0.05) is 12.1 Å². The molecule has 4 heteroatoms. The molecule has 0 aliphatic carbocycles. The molecule has 0 saturated carbocycles. The first kappa shape index (κ1) is 10.4. The minimum absolute atomic E-state index is 0.246. The molecule has 0 amide bonds. The smallest absolute Gasteiger partial charge is 0.268 e. The van der Waals surface area contributed by atoms with E-state index >= 15 is 0 Å². The molecule has 0 aliphatic rings. The Bertz CT molecular complexity index is 593. The van der Waals surface area contributed by atoms with Gasteiger partial charge in [-0.05, 0) is 24.1 Å². The lowest BCUT2D eigenvalue weighted by atomic mass is 10.1. The molecule has 0 spiro atoms. The number of aryl methyl sites for hydroxylation is 1. The highest BCUT2D eigenvalue weighted by Gasteiger charge is 1.99. The van der Waals surface area contributed by atoms with Crippen LogP contribution in [-0.2, 0) is 6.42 Å². The Morgan fingerprint density at radius 2 is 1.75 bits per heavy atom. The third-order valence-electron chi connectivity index (χ3n) is 2.42. The van der Waals surface area contributed by atoms with Crippen LogP contribution in [0.5, 0.6) is 0 Å². The number of nitrogens with zero attached hydrogens (tertiary/aromatic N) is 1. The molecule has 4 nitrogen and oxygen atoms in total. The summed E-state index contributed by atoms with van der Waals surface area (Å²) < 4.78 is 1.24. The van der Waals surface area contributed by atoms with Crippen molar-refractivity contribution in [1.29, 1.82) is 0 Å². The van der Waals surface area contributed by atoms with Gasteiger partial charge in [-0.2, -0.15) is 0 Å². The number of rotatable bonds is 2. The Balaban J connectivity index is 2.54. The number of nitrogens with one attached hydrogen (secondary N) is 1. The quantitative estimate of drug-likeness (QED) is 0.816. The topological polar surface area (TPSA) is 54.9 Å². The number of aromatic amines is 1. The maximum atomic E-state index is 11.5. The van der Waals surface area contributed by atoms with Crippen LogP contribution in [0.3, 0.4) is 0 Å². The summed E-state index contributed by atoms with van der Waals surface area (Å²) in [4.78, 5) is 22.6. The second-order valence-electron chi connectivity index (χ2n) is 3.50. The highest BCUT2D eigenvalue weighted by Crippen LogP contribution is 2.06. The van der Waals surface area contributed by atoms with E-state index in [9.17, 15) is 9.59 Å². The van der Waals surface area contributed by atoms with Crippen LogP contribution in [0, 0.1) is 0 Å². The summed E-state index contributed by atoms with van der Waals surface area (Å²) in [6.07, 6.45) is 0.945. The van der Waals surface area contributed by atoms with Crippen LogP contribution in [0.25, 0.3) is 5.69 Å². The second kappa shape index (κ2) is 4.18. The Morgan fingerprint density at radius 1 is 1.06 bits per heavy atom.